The molecule has 0 aliphatic carbocycles. The van der Waals surface area contributed by atoms with Gasteiger partial charge in [-0.3, -0.25) is 19.4 Å². The van der Waals surface area contributed by atoms with E-state index in [-0.39, 0.29) is 56.4 Å². The molecule has 332 valence electrons. The molecule has 1 fully saturated rings. The first-order chi connectivity index (χ1) is 28.3. The van der Waals surface area contributed by atoms with Gasteiger partial charge in [-0.05, 0) is 85.5 Å². The molecule has 0 aromatic carbocycles. The monoisotopic (exact) mass is 841 g/mol. The van der Waals surface area contributed by atoms with Gasteiger partial charge in [-0.25, -0.2) is 0 Å². The number of esters is 1. The van der Waals surface area contributed by atoms with E-state index in [1.165, 1.54) is 27.0 Å². The molecule has 2 aromatic heterocycles. The van der Waals surface area contributed by atoms with Crippen molar-refractivity contribution in [3.63, 3.8) is 0 Å². The van der Waals surface area contributed by atoms with E-state index in [1.807, 2.05) is 38.9 Å². The van der Waals surface area contributed by atoms with E-state index in [0.717, 1.165) is 0 Å². The number of oxime groups is 1. The zero-order valence-corrected chi connectivity index (χ0v) is 36.7. The van der Waals surface area contributed by atoms with Crippen molar-refractivity contribution in [1.29, 1.82) is 0 Å². The Hall–Kier alpha value is -4.10. The van der Waals surface area contributed by atoms with Crippen molar-refractivity contribution >= 4 is 23.4 Å². The Kier molecular flexibility index (Phi) is 15.4. The number of fused-ring (bicyclic) bond motifs is 4. The molecule has 5 heterocycles. The van der Waals surface area contributed by atoms with Crippen LogP contribution < -0.4 is 5.32 Å². The van der Waals surface area contributed by atoms with E-state index in [9.17, 15) is 24.6 Å². The summed E-state index contributed by atoms with van der Waals surface area (Å²) in [6.07, 6.45) is -2.06. The Morgan fingerprint density at radius 2 is 1.85 bits per heavy atom. The van der Waals surface area contributed by atoms with Gasteiger partial charge in [0.2, 0.25) is 5.91 Å². The third-order valence-corrected chi connectivity index (χ3v) is 11.9. The van der Waals surface area contributed by atoms with Crippen molar-refractivity contribution in [1.82, 2.24) is 20.4 Å². The maximum Gasteiger partial charge on any atom is 0.316 e. The van der Waals surface area contributed by atoms with Gasteiger partial charge in [0.25, 0.3) is 0 Å². The van der Waals surface area contributed by atoms with E-state index in [4.69, 9.17) is 33.0 Å². The van der Waals surface area contributed by atoms with Crippen molar-refractivity contribution in [2.45, 2.75) is 142 Å². The maximum absolute atomic E-state index is 14.5. The number of nitrogens with one attached hydrogen (secondary N) is 1. The van der Waals surface area contributed by atoms with Crippen molar-refractivity contribution in [3.8, 4) is 11.5 Å². The van der Waals surface area contributed by atoms with Gasteiger partial charge in [0.1, 0.15) is 47.8 Å². The first kappa shape index (κ1) is 47.0. The van der Waals surface area contributed by atoms with Crippen LogP contribution in [0.5, 0.6) is 0 Å². The number of hydrogen-bond acceptors (Lipinski definition) is 16. The number of ether oxygens (including phenoxy) is 5. The number of aromatic nitrogens is 2. The topological polar surface area (TPSA) is 214 Å². The second-order valence-corrected chi connectivity index (χ2v) is 17.1. The molecule has 0 radical (unpaired) electrons. The number of allylic oxidation sites excluding steroid dienone is 1. The molecule has 0 saturated carbocycles. The number of rotatable bonds is 9. The highest BCUT2D eigenvalue weighted by atomic mass is 16.7. The molecule has 60 heavy (non-hydrogen) atoms. The maximum atomic E-state index is 14.5. The summed E-state index contributed by atoms with van der Waals surface area (Å²) in [5.41, 5.74) is -0.788. The van der Waals surface area contributed by atoms with Gasteiger partial charge in [0.15, 0.2) is 17.8 Å². The van der Waals surface area contributed by atoms with Crippen LogP contribution in [0.15, 0.2) is 51.5 Å². The number of aliphatic hydroxyl groups is 2. The molecule has 3 aliphatic rings. The zero-order valence-electron chi connectivity index (χ0n) is 36.7. The highest BCUT2D eigenvalue weighted by molar-refractivity contribution is 6.00. The van der Waals surface area contributed by atoms with E-state index >= 15 is 0 Å². The van der Waals surface area contributed by atoms with Crippen LogP contribution in [0.2, 0.25) is 0 Å². The molecule has 3 N–H and O–H groups in total. The SMILES string of the molecule is CC[C@H]1OC(=O)[C@H](C)C(=O)[C@H](C)[C@@H](O[C@@H]2O[C@H](C)C[C@H](N(C)C)[C@H]2O)[C@@]2(C)C[C@@H](C)/C(NC(C)=O)=C(/C)[C@@H](OCC(=NOCc3ccc(-c4ccno4)nc3)CO2)[C@]1(C)O. The zero-order chi connectivity index (χ0) is 44.1. The predicted molar refractivity (Wildman–Crippen MR) is 218 cm³/mol. The lowest BCUT2D eigenvalue weighted by Crippen LogP contribution is -2.59. The standard InChI is InChI=1S/C43H63N5O12/c1-12-34-43(9,53)39-25(4)35(46-28(7)49)23(2)18-42(8,55-22-30(21-54-39)47-56-20-29-13-14-31(44-19-29)33-15-16-45-60-33)38(26(5)36(50)27(6)40(52)58-34)59-41-37(51)32(48(10)11)17-24(3)57-41/h13-16,19,23-24,26-27,32,34,37-39,41,51,53H,12,17-18,20-22H2,1-11H3,(H,46,49)/b35-25+,47-30?/t23-,24-,26+,27-,32+,34-,37-,38-,39-,41+,42-,43-/m1/s1. The predicted octanol–water partition coefficient (Wildman–Crippen LogP) is 3.96. The van der Waals surface area contributed by atoms with Crippen molar-refractivity contribution in [3.05, 3.63) is 47.4 Å². The average Bonchev–Trinajstić information content (AvgIpc) is 3.74. The summed E-state index contributed by atoms with van der Waals surface area (Å²) in [6.45, 7) is 14.7. The number of cyclic esters (lactones) is 1. The molecule has 2 bridgehead atoms. The normalized spacial score (nSPS) is 36.9. The fraction of sp³-hybridized carbons (Fsp3) is 0.674. The number of aliphatic hydroxyl groups excluding tert-OH is 1. The van der Waals surface area contributed by atoms with Crippen LogP contribution in [-0.2, 0) is 49.5 Å². The van der Waals surface area contributed by atoms with Gasteiger partial charge in [-0.1, -0.05) is 37.1 Å². The minimum atomic E-state index is -1.88. The number of amides is 1. The van der Waals surface area contributed by atoms with Gasteiger partial charge in [0, 0.05) is 42.4 Å². The summed E-state index contributed by atoms with van der Waals surface area (Å²) >= 11 is 0. The lowest BCUT2D eigenvalue weighted by molar-refractivity contribution is -0.296. The fourth-order valence-corrected chi connectivity index (χ4v) is 8.64. The number of nitrogens with zero attached hydrogens (tertiary/aromatic N) is 4. The quantitative estimate of drug-likeness (QED) is 0.185. The molecule has 2 aromatic rings. The summed E-state index contributed by atoms with van der Waals surface area (Å²) in [5.74, 6) is -4.00. The Bertz CT molecular complexity index is 1850. The first-order valence-corrected chi connectivity index (χ1v) is 20.7. The largest absolute Gasteiger partial charge is 0.459 e. The highest BCUT2D eigenvalue weighted by Gasteiger charge is 2.52. The number of ketones is 1. The van der Waals surface area contributed by atoms with Crippen LogP contribution in [0.4, 0.5) is 0 Å². The molecule has 12 atom stereocenters. The number of carbonyl (C=O) groups is 3. The number of likely N-dealkylation sites (N-methyl/N-ethyl adjacent to an activating group) is 1. The molecule has 3 aliphatic heterocycles. The first-order valence-electron chi connectivity index (χ1n) is 20.7. The van der Waals surface area contributed by atoms with E-state index in [2.05, 4.69) is 20.6 Å². The van der Waals surface area contributed by atoms with Gasteiger partial charge >= 0.3 is 5.97 Å². The molecule has 0 spiro atoms. The van der Waals surface area contributed by atoms with Crippen LogP contribution in [-0.4, -0.2) is 130 Å². The molecule has 0 unspecified atom stereocenters. The van der Waals surface area contributed by atoms with Crippen LogP contribution >= 0.6 is 0 Å². The molecular formula is C43H63N5O12. The number of pyridine rings is 1. The third-order valence-electron chi connectivity index (χ3n) is 11.9. The Morgan fingerprint density at radius 1 is 1.12 bits per heavy atom. The lowest BCUT2D eigenvalue weighted by Gasteiger charge is -2.47. The molecule has 5 rings (SSSR count). The van der Waals surface area contributed by atoms with E-state index in [0.29, 0.717) is 34.7 Å². The van der Waals surface area contributed by atoms with Crippen molar-refractivity contribution in [2.75, 3.05) is 27.3 Å². The van der Waals surface area contributed by atoms with E-state index in [1.54, 1.807) is 46.0 Å². The minimum absolute atomic E-state index is 0.0272. The highest BCUT2D eigenvalue weighted by Crippen LogP contribution is 2.40. The van der Waals surface area contributed by atoms with Gasteiger partial charge in [-0.15, -0.1) is 0 Å². The fourth-order valence-electron chi connectivity index (χ4n) is 8.64. The number of hydrogen-bond donors (Lipinski definition) is 3. The molecule has 17 nitrogen and oxygen atoms in total. The molecule has 1 amide bonds. The Labute approximate surface area is 352 Å². The summed E-state index contributed by atoms with van der Waals surface area (Å²) < 4.78 is 37.6. The number of Topliss-reactive ketones (excluding diaryl/α,β-unsaturated/α-hetero) is 1. The lowest BCUT2D eigenvalue weighted by atomic mass is 9.76. The Balaban J connectivity index is 1.64. The van der Waals surface area contributed by atoms with Gasteiger partial charge in [-0.2, -0.15) is 0 Å². The smallest absolute Gasteiger partial charge is 0.316 e. The van der Waals surface area contributed by atoms with Crippen molar-refractivity contribution in [2.24, 2.45) is 22.9 Å². The molecular weight excluding hydrogens is 778 g/mol. The summed E-state index contributed by atoms with van der Waals surface area (Å²) in [7, 11) is 3.73. The van der Waals surface area contributed by atoms with Crippen molar-refractivity contribution < 1.29 is 57.6 Å². The van der Waals surface area contributed by atoms with E-state index < -0.39 is 71.4 Å². The average molecular weight is 842 g/mol. The number of carbonyl (C=O) groups excluding carboxylic acids is 3. The summed E-state index contributed by atoms with van der Waals surface area (Å²) in [4.78, 5) is 53.4. The van der Waals surface area contributed by atoms with Gasteiger partial charge < -0.3 is 53.5 Å². The van der Waals surface area contributed by atoms with Crippen LogP contribution in [0.25, 0.3) is 11.5 Å². The van der Waals surface area contributed by atoms with Crippen LogP contribution in [0, 0.1) is 17.8 Å². The Morgan fingerprint density at radius 3 is 2.47 bits per heavy atom. The molecule has 17 heteroatoms. The third kappa shape index (κ3) is 10.7. The van der Waals surface area contributed by atoms with Crippen LogP contribution in [0.1, 0.15) is 87.1 Å². The summed E-state index contributed by atoms with van der Waals surface area (Å²) in [6, 6.07) is 4.97. The second-order valence-electron chi connectivity index (χ2n) is 17.1. The summed E-state index contributed by atoms with van der Waals surface area (Å²) in [5, 5.41) is 35.2. The molecule has 1 saturated heterocycles. The van der Waals surface area contributed by atoms with Gasteiger partial charge in [0.05, 0.1) is 37.2 Å². The minimum Gasteiger partial charge on any atom is -0.459 e. The van der Waals surface area contributed by atoms with Crippen LogP contribution in [0.3, 0.4) is 0 Å². The second kappa shape index (κ2) is 19.7.